The Morgan fingerprint density at radius 3 is 1.24 bits per heavy atom. The Bertz CT molecular complexity index is 145. The summed E-state index contributed by atoms with van der Waals surface area (Å²) < 4.78 is 0. The Hall–Kier alpha value is -0.0400. The highest BCUT2D eigenvalue weighted by Crippen LogP contribution is 2.11. The Kier molecular flexibility index (Phi) is 9.91. The minimum atomic E-state index is 0.683. The number of nitrogens with one attached hydrogen (secondary N) is 1. The third-order valence-electron chi connectivity index (χ3n) is 3.41. The molecule has 0 aromatic heterocycles. The summed E-state index contributed by atoms with van der Waals surface area (Å²) in [6.45, 7) is 13.9. The SMILES string of the molecule is CC(C)CCCC(C)NC(C)CCCC(C)C. The first-order valence-corrected chi connectivity index (χ1v) is 7.67. The van der Waals surface area contributed by atoms with Gasteiger partial charge in [-0.2, -0.15) is 0 Å². The molecule has 104 valence electrons. The van der Waals surface area contributed by atoms with E-state index in [-0.39, 0.29) is 0 Å². The van der Waals surface area contributed by atoms with Crippen molar-refractivity contribution in [3.8, 4) is 0 Å². The quantitative estimate of drug-likeness (QED) is 0.567. The molecular weight excluding hydrogens is 206 g/mol. The van der Waals surface area contributed by atoms with Crippen molar-refractivity contribution < 1.29 is 0 Å². The maximum Gasteiger partial charge on any atom is 0.00412 e. The van der Waals surface area contributed by atoms with E-state index < -0.39 is 0 Å². The number of hydrogen-bond acceptors (Lipinski definition) is 1. The molecule has 0 aliphatic rings. The first-order chi connectivity index (χ1) is 7.91. The summed E-state index contributed by atoms with van der Waals surface area (Å²) in [4.78, 5) is 0. The summed E-state index contributed by atoms with van der Waals surface area (Å²) in [5.74, 6) is 1.70. The fourth-order valence-electron chi connectivity index (χ4n) is 2.32. The van der Waals surface area contributed by atoms with Crippen LogP contribution in [0, 0.1) is 11.8 Å². The van der Waals surface area contributed by atoms with Crippen molar-refractivity contribution in [3.63, 3.8) is 0 Å². The van der Waals surface area contributed by atoms with Crippen LogP contribution < -0.4 is 5.32 Å². The van der Waals surface area contributed by atoms with Crippen molar-refractivity contribution >= 4 is 0 Å². The zero-order valence-electron chi connectivity index (χ0n) is 13.1. The zero-order valence-corrected chi connectivity index (χ0v) is 13.1. The summed E-state index contributed by atoms with van der Waals surface area (Å²) in [7, 11) is 0. The molecule has 0 rings (SSSR count). The van der Waals surface area contributed by atoms with Gasteiger partial charge >= 0.3 is 0 Å². The molecule has 0 aliphatic carbocycles. The van der Waals surface area contributed by atoms with Gasteiger partial charge in [0.05, 0.1) is 0 Å². The first kappa shape index (κ1) is 17.0. The predicted molar refractivity (Wildman–Crippen MR) is 79.4 cm³/mol. The average Bonchev–Trinajstić information content (AvgIpc) is 2.15. The fraction of sp³-hybridized carbons (Fsp3) is 1.00. The van der Waals surface area contributed by atoms with Crippen molar-refractivity contribution in [3.05, 3.63) is 0 Å². The standard InChI is InChI=1S/C16H35N/c1-13(2)9-7-11-15(5)17-16(6)12-8-10-14(3)4/h13-17H,7-12H2,1-6H3. The van der Waals surface area contributed by atoms with E-state index >= 15 is 0 Å². The third kappa shape index (κ3) is 12.2. The molecule has 0 bridgehead atoms. The summed E-state index contributed by atoms with van der Waals surface area (Å²) in [5, 5.41) is 3.73. The molecule has 0 fully saturated rings. The van der Waals surface area contributed by atoms with Crippen molar-refractivity contribution in [2.45, 2.75) is 92.2 Å². The van der Waals surface area contributed by atoms with Gasteiger partial charge in [-0.05, 0) is 38.5 Å². The molecule has 1 nitrogen and oxygen atoms in total. The molecular formula is C16H35N. The largest absolute Gasteiger partial charge is 0.312 e. The lowest BCUT2D eigenvalue weighted by Gasteiger charge is -2.20. The van der Waals surface area contributed by atoms with Crippen LogP contribution in [-0.4, -0.2) is 12.1 Å². The Labute approximate surface area is 110 Å². The maximum atomic E-state index is 3.73. The lowest BCUT2D eigenvalue weighted by Crippen LogP contribution is -2.34. The van der Waals surface area contributed by atoms with Gasteiger partial charge in [-0.1, -0.05) is 53.4 Å². The van der Waals surface area contributed by atoms with Crippen molar-refractivity contribution in [1.82, 2.24) is 5.32 Å². The molecule has 0 aromatic rings. The van der Waals surface area contributed by atoms with Crippen molar-refractivity contribution in [2.24, 2.45) is 11.8 Å². The van der Waals surface area contributed by atoms with E-state index in [4.69, 9.17) is 0 Å². The van der Waals surface area contributed by atoms with Crippen LogP contribution in [0.1, 0.15) is 80.1 Å². The highest BCUT2D eigenvalue weighted by Gasteiger charge is 2.07. The lowest BCUT2D eigenvalue weighted by atomic mass is 10.0. The minimum absolute atomic E-state index is 0.683. The van der Waals surface area contributed by atoms with Crippen LogP contribution in [0.5, 0.6) is 0 Å². The van der Waals surface area contributed by atoms with Crippen LogP contribution in [0.4, 0.5) is 0 Å². The average molecular weight is 241 g/mol. The van der Waals surface area contributed by atoms with Gasteiger partial charge in [-0.15, -0.1) is 0 Å². The van der Waals surface area contributed by atoms with Crippen LogP contribution in [0.25, 0.3) is 0 Å². The second kappa shape index (κ2) is 9.94. The summed E-state index contributed by atoms with van der Waals surface area (Å²) in [5.41, 5.74) is 0. The molecule has 0 aliphatic heterocycles. The molecule has 0 amide bonds. The number of hydrogen-bond donors (Lipinski definition) is 1. The smallest absolute Gasteiger partial charge is 0.00412 e. The monoisotopic (exact) mass is 241 g/mol. The molecule has 2 unspecified atom stereocenters. The van der Waals surface area contributed by atoms with Crippen molar-refractivity contribution in [1.29, 1.82) is 0 Å². The topological polar surface area (TPSA) is 12.0 Å². The Morgan fingerprint density at radius 2 is 0.941 bits per heavy atom. The molecule has 0 heterocycles. The van der Waals surface area contributed by atoms with Gasteiger partial charge < -0.3 is 5.32 Å². The van der Waals surface area contributed by atoms with E-state index in [1.807, 2.05) is 0 Å². The minimum Gasteiger partial charge on any atom is -0.312 e. The second-order valence-electron chi connectivity index (χ2n) is 6.62. The van der Waals surface area contributed by atoms with E-state index in [2.05, 4.69) is 46.9 Å². The maximum absolute atomic E-state index is 3.73. The van der Waals surface area contributed by atoms with E-state index in [0.29, 0.717) is 12.1 Å². The third-order valence-corrected chi connectivity index (χ3v) is 3.41. The van der Waals surface area contributed by atoms with Gasteiger partial charge in [-0.3, -0.25) is 0 Å². The van der Waals surface area contributed by atoms with E-state index in [0.717, 1.165) is 11.8 Å². The molecule has 0 spiro atoms. The molecule has 17 heavy (non-hydrogen) atoms. The van der Waals surface area contributed by atoms with Gasteiger partial charge in [0.15, 0.2) is 0 Å². The predicted octanol–water partition coefficient (Wildman–Crippen LogP) is 5.01. The lowest BCUT2D eigenvalue weighted by molar-refractivity contribution is 0.390. The molecule has 0 aromatic carbocycles. The second-order valence-corrected chi connectivity index (χ2v) is 6.62. The molecule has 0 saturated carbocycles. The van der Waals surface area contributed by atoms with Crippen molar-refractivity contribution in [2.75, 3.05) is 0 Å². The highest BCUT2D eigenvalue weighted by atomic mass is 14.9. The first-order valence-electron chi connectivity index (χ1n) is 7.67. The summed E-state index contributed by atoms with van der Waals surface area (Å²) >= 11 is 0. The Balaban J connectivity index is 3.48. The van der Waals surface area contributed by atoms with Gasteiger partial charge in [0.2, 0.25) is 0 Å². The van der Waals surface area contributed by atoms with E-state index in [9.17, 15) is 0 Å². The molecule has 2 atom stereocenters. The van der Waals surface area contributed by atoms with E-state index in [1.54, 1.807) is 0 Å². The number of rotatable bonds is 10. The molecule has 0 saturated heterocycles. The van der Waals surface area contributed by atoms with E-state index in [1.165, 1.54) is 38.5 Å². The fourth-order valence-corrected chi connectivity index (χ4v) is 2.32. The molecule has 1 heteroatoms. The summed E-state index contributed by atoms with van der Waals surface area (Å²) in [6, 6.07) is 1.37. The van der Waals surface area contributed by atoms with Gasteiger partial charge in [0, 0.05) is 12.1 Å². The van der Waals surface area contributed by atoms with Gasteiger partial charge in [0.25, 0.3) is 0 Å². The Morgan fingerprint density at radius 1 is 0.588 bits per heavy atom. The van der Waals surface area contributed by atoms with Gasteiger partial charge in [0.1, 0.15) is 0 Å². The molecule has 0 radical (unpaired) electrons. The summed E-state index contributed by atoms with van der Waals surface area (Å²) in [6.07, 6.45) is 8.12. The highest BCUT2D eigenvalue weighted by molar-refractivity contribution is 4.68. The zero-order chi connectivity index (χ0) is 13.3. The van der Waals surface area contributed by atoms with Crippen LogP contribution in [0.15, 0.2) is 0 Å². The molecule has 1 N–H and O–H groups in total. The normalized spacial score (nSPS) is 15.5. The van der Waals surface area contributed by atoms with Crippen LogP contribution in [-0.2, 0) is 0 Å². The van der Waals surface area contributed by atoms with Crippen LogP contribution in [0.3, 0.4) is 0 Å². The van der Waals surface area contributed by atoms with Crippen LogP contribution in [0.2, 0.25) is 0 Å². The van der Waals surface area contributed by atoms with Gasteiger partial charge in [-0.25, -0.2) is 0 Å². The van der Waals surface area contributed by atoms with Crippen LogP contribution >= 0.6 is 0 Å².